The highest BCUT2D eigenvalue weighted by molar-refractivity contribution is 14.1. The van der Waals surface area contributed by atoms with E-state index in [4.69, 9.17) is 12.2 Å². The molecule has 5 heteroatoms. The summed E-state index contributed by atoms with van der Waals surface area (Å²) in [6.45, 7) is 0.449. The highest BCUT2D eigenvalue weighted by atomic mass is 127. The van der Waals surface area contributed by atoms with E-state index in [-0.39, 0.29) is 5.92 Å². The normalized spacial score (nSPS) is 12.5. The highest BCUT2D eigenvalue weighted by Gasteiger charge is 2.13. The van der Waals surface area contributed by atoms with Gasteiger partial charge in [-0.05, 0) is 45.2 Å². The van der Waals surface area contributed by atoms with Gasteiger partial charge in [-0.2, -0.15) is 0 Å². The Bertz CT molecular complexity index is 313. The molecule has 64 valence electrons. The SMILES string of the molecule is C#CC(CN)c1[nH]c(I)nc1I. The topological polar surface area (TPSA) is 54.7 Å². The fourth-order valence-electron chi connectivity index (χ4n) is 0.837. The van der Waals surface area contributed by atoms with Crippen LogP contribution in [0.25, 0.3) is 0 Å². The first-order valence-electron chi connectivity index (χ1n) is 3.26. The molecule has 1 atom stereocenters. The first kappa shape index (κ1) is 10.3. The van der Waals surface area contributed by atoms with Crippen molar-refractivity contribution in [1.82, 2.24) is 9.97 Å². The van der Waals surface area contributed by atoms with E-state index in [0.717, 1.165) is 13.2 Å². The smallest absolute Gasteiger partial charge is 0.169 e. The largest absolute Gasteiger partial charge is 0.335 e. The molecule has 0 radical (unpaired) electrons. The van der Waals surface area contributed by atoms with Gasteiger partial charge in [0.1, 0.15) is 3.70 Å². The first-order chi connectivity index (χ1) is 5.69. The van der Waals surface area contributed by atoms with Gasteiger partial charge in [-0.3, -0.25) is 0 Å². The molecule has 1 aromatic rings. The number of nitrogens with zero attached hydrogens (tertiary/aromatic N) is 1. The zero-order chi connectivity index (χ0) is 9.14. The zero-order valence-electron chi connectivity index (χ0n) is 6.14. The third-order valence-corrected chi connectivity index (χ3v) is 2.77. The van der Waals surface area contributed by atoms with Crippen LogP contribution >= 0.6 is 45.2 Å². The van der Waals surface area contributed by atoms with E-state index in [2.05, 4.69) is 61.1 Å². The number of nitrogens with one attached hydrogen (secondary N) is 1. The average Bonchev–Trinajstić information content (AvgIpc) is 2.34. The second-order valence-corrected chi connectivity index (χ2v) is 4.23. The summed E-state index contributed by atoms with van der Waals surface area (Å²) in [5, 5.41) is 0. The maximum atomic E-state index is 5.50. The van der Waals surface area contributed by atoms with Gasteiger partial charge < -0.3 is 10.7 Å². The van der Waals surface area contributed by atoms with Crippen molar-refractivity contribution >= 4 is 45.2 Å². The van der Waals surface area contributed by atoms with Gasteiger partial charge in [0, 0.05) is 6.54 Å². The summed E-state index contributed by atoms with van der Waals surface area (Å²) in [4.78, 5) is 7.29. The molecule has 0 amide bonds. The molecule has 0 aliphatic carbocycles. The number of halogens is 2. The number of nitrogens with two attached hydrogens (primary N) is 1. The van der Waals surface area contributed by atoms with Crippen LogP contribution < -0.4 is 5.73 Å². The van der Waals surface area contributed by atoms with Crippen LogP contribution in [-0.2, 0) is 0 Å². The van der Waals surface area contributed by atoms with Crippen LogP contribution in [0, 0.1) is 19.9 Å². The Labute approximate surface area is 98.2 Å². The van der Waals surface area contributed by atoms with E-state index >= 15 is 0 Å². The van der Waals surface area contributed by atoms with Crippen LogP contribution in [0.2, 0.25) is 0 Å². The minimum Gasteiger partial charge on any atom is -0.335 e. The molecule has 0 saturated heterocycles. The number of terminal acetylenes is 1. The molecule has 0 fully saturated rings. The van der Waals surface area contributed by atoms with Crippen LogP contribution in [0.4, 0.5) is 0 Å². The lowest BCUT2D eigenvalue weighted by Gasteiger charge is -2.03. The molecule has 0 bridgehead atoms. The molecule has 3 N–H and O–H groups in total. The molecule has 1 aromatic heterocycles. The summed E-state index contributed by atoms with van der Waals surface area (Å²) in [5.74, 6) is 2.57. The predicted molar refractivity (Wildman–Crippen MR) is 64.7 cm³/mol. The molecule has 0 aliphatic heterocycles. The van der Waals surface area contributed by atoms with Gasteiger partial charge in [0.05, 0.1) is 11.6 Å². The maximum absolute atomic E-state index is 5.50. The Kier molecular flexibility index (Phi) is 3.79. The summed E-state index contributed by atoms with van der Waals surface area (Å²) < 4.78 is 1.76. The van der Waals surface area contributed by atoms with Crippen LogP contribution in [-0.4, -0.2) is 16.5 Å². The fourth-order valence-corrected chi connectivity index (χ4v) is 2.58. The first-order valence-corrected chi connectivity index (χ1v) is 5.42. The van der Waals surface area contributed by atoms with Crippen molar-refractivity contribution in [3.8, 4) is 12.3 Å². The summed E-state index contributed by atoms with van der Waals surface area (Å²) in [5.41, 5.74) is 6.45. The lowest BCUT2D eigenvalue weighted by atomic mass is 10.1. The monoisotopic (exact) mass is 387 g/mol. The van der Waals surface area contributed by atoms with Crippen molar-refractivity contribution in [3.05, 3.63) is 13.2 Å². The Morgan fingerprint density at radius 1 is 1.67 bits per heavy atom. The summed E-state index contributed by atoms with van der Waals surface area (Å²) in [6, 6.07) is 0. The van der Waals surface area contributed by atoms with Gasteiger partial charge in [0.15, 0.2) is 3.83 Å². The molecule has 12 heavy (non-hydrogen) atoms. The van der Waals surface area contributed by atoms with Crippen molar-refractivity contribution in [2.75, 3.05) is 6.54 Å². The highest BCUT2D eigenvalue weighted by Crippen LogP contribution is 2.18. The van der Waals surface area contributed by atoms with Crippen molar-refractivity contribution in [3.63, 3.8) is 0 Å². The van der Waals surface area contributed by atoms with Gasteiger partial charge in [0.2, 0.25) is 0 Å². The molecule has 0 saturated carbocycles. The van der Waals surface area contributed by atoms with E-state index in [1.807, 2.05) is 0 Å². The van der Waals surface area contributed by atoms with Crippen LogP contribution in [0.3, 0.4) is 0 Å². The van der Waals surface area contributed by atoms with E-state index in [1.165, 1.54) is 0 Å². The van der Waals surface area contributed by atoms with Gasteiger partial charge >= 0.3 is 0 Å². The molecule has 3 nitrogen and oxygen atoms in total. The van der Waals surface area contributed by atoms with E-state index in [0.29, 0.717) is 6.54 Å². The Hall–Kier alpha value is 0.190. The number of aromatic nitrogens is 2. The third-order valence-electron chi connectivity index (χ3n) is 1.44. The Morgan fingerprint density at radius 3 is 2.67 bits per heavy atom. The standard InChI is InChI=1S/C7H7I2N3/c1-2-4(3-10)5-6(8)12-7(9)11-5/h1,4H,3,10H2,(H,11,12). The Morgan fingerprint density at radius 2 is 2.33 bits per heavy atom. The molecule has 1 unspecified atom stereocenters. The van der Waals surface area contributed by atoms with Crippen LogP contribution in [0.5, 0.6) is 0 Å². The van der Waals surface area contributed by atoms with Gasteiger partial charge in [0.25, 0.3) is 0 Å². The number of hydrogen-bond donors (Lipinski definition) is 2. The van der Waals surface area contributed by atoms with Gasteiger partial charge in [-0.25, -0.2) is 4.98 Å². The van der Waals surface area contributed by atoms with E-state index < -0.39 is 0 Å². The van der Waals surface area contributed by atoms with Crippen molar-refractivity contribution in [1.29, 1.82) is 0 Å². The van der Waals surface area contributed by atoms with E-state index in [9.17, 15) is 0 Å². The predicted octanol–water partition coefficient (Wildman–Crippen LogP) is 1.29. The number of H-pyrrole nitrogens is 1. The lowest BCUT2D eigenvalue weighted by molar-refractivity contribution is 0.840. The molecule has 1 heterocycles. The third kappa shape index (κ3) is 2.11. The van der Waals surface area contributed by atoms with Crippen molar-refractivity contribution in [2.45, 2.75) is 5.92 Å². The molecule has 0 aromatic carbocycles. The molecule has 0 spiro atoms. The minimum absolute atomic E-state index is 0.0482. The van der Waals surface area contributed by atoms with Crippen LogP contribution in [0.15, 0.2) is 0 Å². The summed E-state index contributed by atoms with van der Waals surface area (Å²) in [6.07, 6.45) is 5.31. The van der Waals surface area contributed by atoms with Crippen molar-refractivity contribution < 1.29 is 0 Å². The lowest BCUT2D eigenvalue weighted by Crippen LogP contribution is -2.11. The van der Waals surface area contributed by atoms with E-state index in [1.54, 1.807) is 0 Å². The molecule has 1 rings (SSSR count). The van der Waals surface area contributed by atoms with Gasteiger partial charge in [-0.15, -0.1) is 6.42 Å². The second kappa shape index (κ2) is 4.43. The average molecular weight is 387 g/mol. The molecular formula is C7H7I2N3. The number of imidazole rings is 1. The molecular weight excluding hydrogens is 380 g/mol. The van der Waals surface area contributed by atoms with Gasteiger partial charge in [-0.1, -0.05) is 5.92 Å². The quantitative estimate of drug-likeness (QED) is 0.594. The number of rotatable bonds is 2. The minimum atomic E-state index is -0.0482. The molecule has 0 aliphatic rings. The van der Waals surface area contributed by atoms with Crippen LogP contribution in [0.1, 0.15) is 11.6 Å². The van der Waals surface area contributed by atoms with Crippen molar-refractivity contribution in [2.24, 2.45) is 5.73 Å². The summed E-state index contributed by atoms with van der Waals surface area (Å²) >= 11 is 4.26. The zero-order valence-corrected chi connectivity index (χ0v) is 10.5. The Balaban J connectivity index is 3.02. The summed E-state index contributed by atoms with van der Waals surface area (Å²) in [7, 11) is 0. The fraction of sp³-hybridized carbons (Fsp3) is 0.286. The number of aromatic amines is 1. The second-order valence-electron chi connectivity index (χ2n) is 2.19. The maximum Gasteiger partial charge on any atom is 0.169 e. The number of hydrogen-bond acceptors (Lipinski definition) is 2.